The van der Waals surface area contributed by atoms with Gasteiger partial charge >= 0.3 is 0 Å². The van der Waals surface area contributed by atoms with Crippen LogP contribution in [-0.4, -0.2) is 48.4 Å². The third-order valence-electron chi connectivity index (χ3n) is 4.10. The van der Waals surface area contributed by atoms with Crippen LogP contribution in [0.3, 0.4) is 0 Å². The third kappa shape index (κ3) is 3.58. The minimum absolute atomic E-state index is 0.282. The summed E-state index contributed by atoms with van der Waals surface area (Å²) in [6, 6.07) is 0. The van der Waals surface area contributed by atoms with Gasteiger partial charge in [0, 0.05) is 25.6 Å². The summed E-state index contributed by atoms with van der Waals surface area (Å²) in [5.41, 5.74) is 1.22. The maximum Gasteiger partial charge on any atom is 0.225 e. The van der Waals surface area contributed by atoms with E-state index in [1.165, 1.54) is 24.8 Å². The predicted molar refractivity (Wildman–Crippen MR) is 74.4 cm³/mol. The van der Waals surface area contributed by atoms with Gasteiger partial charge in [0.1, 0.15) is 0 Å². The molecule has 0 atom stereocenters. The monoisotopic (exact) mass is 250 g/mol. The largest absolute Gasteiger partial charge is 0.342 e. The van der Waals surface area contributed by atoms with E-state index in [0.29, 0.717) is 5.91 Å². The highest BCUT2D eigenvalue weighted by molar-refractivity contribution is 5.79. The van der Waals surface area contributed by atoms with Crippen LogP contribution < -0.4 is 0 Å². The summed E-state index contributed by atoms with van der Waals surface area (Å²) < 4.78 is 0. The Balaban J connectivity index is 1.78. The van der Waals surface area contributed by atoms with Crippen LogP contribution in [-0.2, 0) is 4.79 Å². The Bertz CT molecular complexity index is 300. The molecule has 2 heterocycles. The molecule has 2 fully saturated rings. The standard InChI is InChI=1S/C15H26N2O/c1-13(2)12-16-10-6-14(7-11-16)15(18)17-8-4-3-5-9-17/h14H,1,3-12H2,2H3. The first-order chi connectivity index (χ1) is 8.66. The number of hydrogen-bond acceptors (Lipinski definition) is 2. The van der Waals surface area contributed by atoms with E-state index in [9.17, 15) is 4.79 Å². The van der Waals surface area contributed by atoms with Crippen molar-refractivity contribution < 1.29 is 4.79 Å². The number of hydrogen-bond donors (Lipinski definition) is 0. The number of likely N-dealkylation sites (tertiary alicyclic amines) is 2. The summed E-state index contributed by atoms with van der Waals surface area (Å²) in [5.74, 6) is 0.703. The molecule has 0 aromatic carbocycles. The zero-order valence-corrected chi connectivity index (χ0v) is 11.7. The fraction of sp³-hybridized carbons (Fsp3) is 0.800. The van der Waals surface area contributed by atoms with E-state index in [2.05, 4.69) is 23.3 Å². The van der Waals surface area contributed by atoms with Crippen LogP contribution in [0.4, 0.5) is 0 Å². The summed E-state index contributed by atoms with van der Waals surface area (Å²) in [4.78, 5) is 16.9. The molecule has 18 heavy (non-hydrogen) atoms. The SMILES string of the molecule is C=C(C)CN1CCC(C(=O)N2CCCCC2)CC1. The van der Waals surface area contributed by atoms with E-state index in [-0.39, 0.29) is 5.92 Å². The molecule has 2 aliphatic heterocycles. The molecule has 0 unspecified atom stereocenters. The smallest absolute Gasteiger partial charge is 0.225 e. The van der Waals surface area contributed by atoms with Crippen LogP contribution >= 0.6 is 0 Å². The van der Waals surface area contributed by atoms with Crippen LogP contribution in [0.1, 0.15) is 39.0 Å². The first kappa shape index (κ1) is 13.6. The highest BCUT2D eigenvalue weighted by atomic mass is 16.2. The quantitative estimate of drug-likeness (QED) is 0.718. The molecule has 1 amide bonds. The fourth-order valence-electron chi connectivity index (χ4n) is 3.09. The Morgan fingerprint density at radius 3 is 2.28 bits per heavy atom. The second-order valence-corrected chi connectivity index (χ2v) is 5.89. The second kappa shape index (κ2) is 6.37. The lowest BCUT2D eigenvalue weighted by Crippen LogP contribution is -2.44. The van der Waals surface area contributed by atoms with Crippen molar-refractivity contribution in [3.63, 3.8) is 0 Å². The number of amides is 1. The van der Waals surface area contributed by atoms with Gasteiger partial charge in [0.2, 0.25) is 5.91 Å². The lowest BCUT2D eigenvalue weighted by atomic mass is 9.94. The van der Waals surface area contributed by atoms with Crippen LogP contribution in [0.2, 0.25) is 0 Å². The van der Waals surface area contributed by atoms with Crippen molar-refractivity contribution in [1.82, 2.24) is 9.80 Å². The van der Waals surface area contributed by atoms with Crippen molar-refractivity contribution >= 4 is 5.91 Å². The molecule has 0 aromatic rings. The molecular weight excluding hydrogens is 224 g/mol. The van der Waals surface area contributed by atoms with Crippen molar-refractivity contribution in [3.05, 3.63) is 12.2 Å². The Kier molecular flexibility index (Phi) is 4.81. The Labute approximate surface area is 111 Å². The molecule has 0 aromatic heterocycles. The number of rotatable bonds is 3. The molecule has 0 N–H and O–H groups in total. The molecule has 3 nitrogen and oxygen atoms in total. The van der Waals surface area contributed by atoms with Gasteiger partial charge < -0.3 is 4.90 Å². The van der Waals surface area contributed by atoms with E-state index >= 15 is 0 Å². The van der Waals surface area contributed by atoms with Gasteiger partial charge in [-0.1, -0.05) is 12.2 Å². The molecule has 102 valence electrons. The lowest BCUT2D eigenvalue weighted by Gasteiger charge is -2.35. The van der Waals surface area contributed by atoms with E-state index in [4.69, 9.17) is 0 Å². The maximum absolute atomic E-state index is 12.4. The summed E-state index contributed by atoms with van der Waals surface area (Å²) in [6.07, 6.45) is 5.74. The van der Waals surface area contributed by atoms with Gasteiger partial charge in [0.05, 0.1) is 0 Å². The third-order valence-corrected chi connectivity index (χ3v) is 4.10. The van der Waals surface area contributed by atoms with Gasteiger partial charge in [0.15, 0.2) is 0 Å². The first-order valence-electron chi connectivity index (χ1n) is 7.32. The van der Waals surface area contributed by atoms with Crippen molar-refractivity contribution in [2.24, 2.45) is 5.92 Å². The van der Waals surface area contributed by atoms with Gasteiger partial charge in [-0.2, -0.15) is 0 Å². The zero-order valence-electron chi connectivity index (χ0n) is 11.7. The van der Waals surface area contributed by atoms with Crippen LogP contribution in [0.25, 0.3) is 0 Å². The average molecular weight is 250 g/mol. The highest BCUT2D eigenvalue weighted by Gasteiger charge is 2.28. The minimum atomic E-state index is 0.282. The van der Waals surface area contributed by atoms with Gasteiger partial charge in [-0.15, -0.1) is 0 Å². The van der Waals surface area contributed by atoms with Crippen molar-refractivity contribution in [1.29, 1.82) is 0 Å². The van der Waals surface area contributed by atoms with Crippen LogP contribution in [0, 0.1) is 5.92 Å². The molecule has 0 bridgehead atoms. The molecule has 0 saturated carbocycles. The molecule has 2 rings (SSSR count). The number of carbonyl (C=O) groups is 1. The number of piperidine rings is 2. The van der Waals surface area contributed by atoms with Crippen molar-refractivity contribution in [2.45, 2.75) is 39.0 Å². The van der Waals surface area contributed by atoms with Crippen molar-refractivity contribution in [3.8, 4) is 0 Å². The summed E-state index contributed by atoms with van der Waals surface area (Å²) in [5, 5.41) is 0. The highest BCUT2D eigenvalue weighted by Crippen LogP contribution is 2.22. The molecule has 0 aliphatic carbocycles. The molecule has 0 radical (unpaired) electrons. The average Bonchev–Trinajstić information content (AvgIpc) is 2.39. The summed E-state index contributed by atoms with van der Waals surface area (Å²) in [7, 11) is 0. The summed E-state index contributed by atoms with van der Waals surface area (Å²) in [6.45, 7) is 11.1. The number of nitrogens with zero attached hydrogens (tertiary/aromatic N) is 2. The summed E-state index contributed by atoms with van der Waals surface area (Å²) >= 11 is 0. The second-order valence-electron chi connectivity index (χ2n) is 5.89. The van der Waals surface area contributed by atoms with Gasteiger partial charge in [-0.3, -0.25) is 9.69 Å². The molecule has 0 spiro atoms. The molecule has 2 saturated heterocycles. The predicted octanol–water partition coefficient (Wildman–Crippen LogP) is 2.29. The topological polar surface area (TPSA) is 23.6 Å². The Morgan fingerprint density at radius 1 is 1.11 bits per heavy atom. The molecule has 3 heteroatoms. The van der Waals surface area contributed by atoms with Gasteiger partial charge in [0.25, 0.3) is 0 Å². The lowest BCUT2D eigenvalue weighted by molar-refractivity contribution is -0.137. The molecule has 2 aliphatic rings. The van der Waals surface area contributed by atoms with E-state index in [1.807, 2.05) is 0 Å². The molecular formula is C15H26N2O. The van der Waals surface area contributed by atoms with Gasteiger partial charge in [-0.25, -0.2) is 0 Å². The normalized spacial score (nSPS) is 23.1. The minimum Gasteiger partial charge on any atom is -0.342 e. The fourth-order valence-corrected chi connectivity index (χ4v) is 3.09. The van der Waals surface area contributed by atoms with Crippen molar-refractivity contribution in [2.75, 3.05) is 32.7 Å². The number of carbonyl (C=O) groups excluding carboxylic acids is 1. The van der Waals surface area contributed by atoms with Crippen LogP contribution in [0.5, 0.6) is 0 Å². The Hall–Kier alpha value is -0.830. The van der Waals surface area contributed by atoms with E-state index in [1.54, 1.807) is 0 Å². The van der Waals surface area contributed by atoms with Crippen LogP contribution in [0.15, 0.2) is 12.2 Å². The van der Waals surface area contributed by atoms with E-state index in [0.717, 1.165) is 45.6 Å². The Morgan fingerprint density at radius 2 is 1.72 bits per heavy atom. The maximum atomic E-state index is 12.4. The zero-order chi connectivity index (χ0) is 13.0. The van der Waals surface area contributed by atoms with E-state index < -0.39 is 0 Å². The first-order valence-corrected chi connectivity index (χ1v) is 7.32. The van der Waals surface area contributed by atoms with Gasteiger partial charge in [-0.05, 0) is 52.1 Å².